The number of hydrogen-bond acceptors (Lipinski definition) is 4. The minimum atomic E-state index is -0.548. The number of hydrogen-bond donors (Lipinski definition) is 2. The van der Waals surface area contributed by atoms with Gasteiger partial charge in [-0.25, -0.2) is 0 Å². The molecule has 5 nitrogen and oxygen atoms in total. The van der Waals surface area contributed by atoms with Gasteiger partial charge in [-0.2, -0.15) is 0 Å². The van der Waals surface area contributed by atoms with Crippen LogP contribution in [0.15, 0.2) is 30.3 Å². The van der Waals surface area contributed by atoms with Crippen LogP contribution in [0.3, 0.4) is 0 Å². The van der Waals surface area contributed by atoms with Crippen molar-refractivity contribution in [3.05, 3.63) is 35.9 Å². The second-order valence-electron chi connectivity index (χ2n) is 5.20. The van der Waals surface area contributed by atoms with Gasteiger partial charge < -0.3 is 20.5 Å². The van der Waals surface area contributed by atoms with Gasteiger partial charge in [-0.3, -0.25) is 4.79 Å². The predicted molar refractivity (Wildman–Crippen MR) is 76.3 cm³/mol. The van der Waals surface area contributed by atoms with Gasteiger partial charge in [0.15, 0.2) is 0 Å². The Morgan fingerprint density at radius 3 is 2.85 bits per heavy atom. The number of ether oxygens (including phenoxy) is 2. The molecule has 0 aliphatic carbocycles. The number of carbonyl (C=O) groups is 1. The van der Waals surface area contributed by atoms with E-state index in [1.165, 1.54) is 0 Å². The fraction of sp³-hybridized carbons (Fsp3) is 0.533. The van der Waals surface area contributed by atoms with Crippen LogP contribution < -0.4 is 11.1 Å². The van der Waals surface area contributed by atoms with Crippen LogP contribution in [-0.2, 0) is 20.7 Å². The molecule has 1 heterocycles. The maximum absolute atomic E-state index is 12.0. The van der Waals surface area contributed by atoms with Crippen molar-refractivity contribution in [3.8, 4) is 0 Å². The molecule has 2 atom stereocenters. The van der Waals surface area contributed by atoms with Gasteiger partial charge in [0.05, 0.1) is 12.6 Å². The summed E-state index contributed by atoms with van der Waals surface area (Å²) in [7, 11) is 1.64. The van der Waals surface area contributed by atoms with Crippen molar-refractivity contribution in [2.24, 2.45) is 5.73 Å². The zero-order valence-corrected chi connectivity index (χ0v) is 11.8. The summed E-state index contributed by atoms with van der Waals surface area (Å²) in [5.41, 5.74) is 6.59. The third kappa shape index (κ3) is 3.79. The number of nitrogens with two attached hydrogens (primary N) is 1. The fourth-order valence-electron chi connectivity index (χ4n) is 2.30. The van der Waals surface area contributed by atoms with Gasteiger partial charge in [0.2, 0.25) is 5.91 Å². The lowest BCUT2D eigenvalue weighted by Crippen LogP contribution is -2.50. The molecule has 0 saturated carbocycles. The molecule has 0 bridgehead atoms. The van der Waals surface area contributed by atoms with E-state index in [0.29, 0.717) is 26.2 Å². The van der Waals surface area contributed by atoms with Crippen molar-refractivity contribution in [3.63, 3.8) is 0 Å². The first kappa shape index (κ1) is 15.0. The smallest absolute Gasteiger partial charge is 0.237 e. The molecule has 5 heteroatoms. The Labute approximate surface area is 119 Å². The molecule has 20 heavy (non-hydrogen) atoms. The molecule has 1 aliphatic rings. The Bertz CT molecular complexity index is 430. The van der Waals surface area contributed by atoms with Crippen molar-refractivity contribution < 1.29 is 14.3 Å². The molecule has 1 saturated heterocycles. The van der Waals surface area contributed by atoms with E-state index in [1.807, 2.05) is 30.3 Å². The lowest BCUT2D eigenvalue weighted by atomic mass is 10.0. The highest BCUT2D eigenvalue weighted by Crippen LogP contribution is 2.21. The molecular formula is C15H22N2O3. The third-order valence-electron chi connectivity index (χ3n) is 3.72. The van der Waals surface area contributed by atoms with E-state index < -0.39 is 11.6 Å². The number of rotatable bonds is 6. The van der Waals surface area contributed by atoms with Crippen molar-refractivity contribution in [2.45, 2.75) is 24.5 Å². The van der Waals surface area contributed by atoms with Crippen molar-refractivity contribution >= 4 is 5.91 Å². The Balaban J connectivity index is 1.82. The standard InChI is InChI=1S/C15H22N2O3/c1-19-15(7-8-20-11-15)10-17-14(18)13(16)9-12-5-3-2-4-6-12/h2-6,13H,7-11,16H2,1H3,(H,17,18). The largest absolute Gasteiger partial charge is 0.378 e. The molecule has 0 spiro atoms. The number of methoxy groups -OCH3 is 1. The second-order valence-corrected chi connectivity index (χ2v) is 5.20. The molecule has 1 aromatic carbocycles. The summed E-state index contributed by atoms with van der Waals surface area (Å²) in [4.78, 5) is 12.0. The van der Waals surface area contributed by atoms with Crippen LogP contribution in [0, 0.1) is 0 Å². The highest BCUT2D eigenvalue weighted by molar-refractivity contribution is 5.81. The molecular weight excluding hydrogens is 256 g/mol. The second kappa shape index (κ2) is 6.83. The zero-order chi connectivity index (χ0) is 14.4. The van der Waals surface area contributed by atoms with Crippen LogP contribution in [0.1, 0.15) is 12.0 Å². The topological polar surface area (TPSA) is 73.6 Å². The summed E-state index contributed by atoms with van der Waals surface area (Å²) >= 11 is 0. The zero-order valence-electron chi connectivity index (χ0n) is 11.8. The van der Waals surface area contributed by atoms with Crippen LogP contribution in [0.25, 0.3) is 0 Å². The van der Waals surface area contributed by atoms with E-state index in [2.05, 4.69) is 5.32 Å². The molecule has 2 unspecified atom stereocenters. The molecule has 1 fully saturated rings. The van der Waals surface area contributed by atoms with Crippen LogP contribution in [0.2, 0.25) is 0 Å². The van der Waals surface area contributed by atoms with Crippen LogP contribution in [-0.4, -0.2) is 44.4 Å². The number of carbonyl (C=O) groups excluding carboxylic acids is 1. The molecule has 0 radical (unpaired) electrons. The predicted octanol–water partition coefficient (Wildman–Crippen LogP) is 0.478. The summed E-state index contributed by atoms with van der Waals surface area (Å²) < 4.78 is 10.8. The van der Waals surface area contributed by atoms with Gasteiger partial charge in [-0.1, -0.05) is 30.3 Å². The number of nitrogens with one attached hydrogen (secondary N) is 1. The minimum Gasteiger partial charge on any atom is -0.378 e. The Hall–Kier alpha value is -1.43. The van der Waals surface area contributed by atoms with Gasteiger partial charge in [0.25, 0.3) is 0 Å². The highest BCUT2D eigenvalue weighted by atomic mass is 16.5. The molecule has 1 aliphatic heterocycles. The van der Waals surface area contributed by atoms with E-state index in [9.17, 15) is 4.79 Å². The number of amides is 1. The van der Waals surface area contributed by atoms with Gasteiger partial charge >= 0.3 is 0 Å². The molecule has 1 aromatic rings. The quantitative estimate of drug-likeness (QED) is 0.793. The van der Waals surface area contributed by atoms with Crippen LogP contribution in [0.5, 0.6) is 0 Å². The summed E-state index contributed by atoms with van der Waals surface area (Å²) in [5.74, 6) is -0.155. The van der Waals surface area contributed by atoms with E-state index in [4.69, 9.17) is 15.2 Å². The lowest BCUT2D eigenvalue weighted by Gasteiger charge is -2.26. The fourth-order valence-corrected chi connectivity index (χ4v) is 2.30. The van der Waals surface area contributed by atoms with Crippen molar-refractivity contribution in [1.82, 2.24) is 5.32 Å². The van der Waals surface area contributed by atoms with E-state index >= 15 is 0 Å². The molecule has 0 aromatic heterocycles. The van der Waals surface area contributed by atoms with Gasteiger partial charge in [0, 0.05) is 26.7 Å². The van der Waals surface area contributed by atoms with Gasteiger partial charge in [0.1, 0.15) is 5.60 Å². The molecule has 2 rings (SSSR count). The maximum atomic E-state index is 12.0. The van der Waals surface area contributed by atoms with Gasteiger partial charge in [-0.05, 0) is 12.0 Å². The van der Waals surface area contributed by atoms with Crippen molar-refractivity contribution in [1.29, 1.82) is 0 Å². The van der Waals surface area contributed by atoms with E-state index in [1.54, 1.807) is 7.11 Å². The third-order valence-corrected chi connectivity index (χ3v) is 3.72. The lowest BCUT2D eigenvalue weighted by molar-refractivity contribution is -0.124. The first-order valence-corrected chi connectivity index (χ1v) is 6.85. The summed E-state index contributed by atoms with van der Waals surface area (Å²) in [6, 6.07) is 9.21. The van der Waals surface area contributed by atoms with Gasteiger partial charge in [-0.15, -0.1) is 0 Å². The maximum Gasteiger partial charge on any atom is 0.237 e. The number of benzene rings is 1. The minimum absolute atomic E-state index is 0.155. The highest BCUT2D eigenvalue weighted by Gasteiger charge is 2.35. The average molecular weight is 278 g/mol. The first-order valence-electron chi connectivity index (χ1n) is 6.85. The summed E-state index contributed by atoms with van der Waals surface area (Å²) in [5, 5.41) is 2.87. The van der Waals surface area contributed by atoms with Crippen LogP contribution in [0.4, 0.5) is 0 Å². The monoisotopic (exact) mass is 278 g/mol. The van der Waals surface area contributed by atoms with E-state index in [0.717, 1.165) is 12.0 Å². The van der Waals surface area contributed by atoms with Crippen LogP contribution >= 0.6 is 0 Å². The Morgan fingerprint density at radius 1 is 1.50 bits per heavy atom. The Morgan fingerprint density at radius 2 is 2.25 bits per heavy atom. The average Bonchev–Trinajstić information content (AvgIpc) is 2.95. The summed E-state index contributed by atoms with van der Waals surface area (Å²) in [6.45, 7) is 1.61. The molecule has 110 valence electrons. The van der Waals surface area contributed by atoms with E-state index in [-0.39, 0.29) is 5.91 Å². The normalized spacial score (nSPS) is 23.5. The molecule has 3 N–H and O–H groups in total. The van der Waals surface area contributed by atoms with Crippen molar-refractivity contribution in [2.75, 3.05) is 26.9 Å². The summed E-state index contributed by atoms with van der Waals surface area (Å²) in [6.07, 6.45) is 1.32. The Kier molecular flexibility index (Phi) is 5.11. The SMILES string of the molecule is COC1(CNC(=O)C(N)Cc2ccccc2)CCOC1. The molecule has 1 amide bonds. The first-order chi connectivity index (χ1) is 9.65.